The summed E-state index contributed by atoms with van der Waals surface area (Å²) in [6.07, 6.45) is 6.73. The van der Waals surface area contributed by atoms with E-state index in [0.717, 1.165) is 6.42 Å². The van der Waals surface area contributed by atoms with Crippen LogP contribution in [0.4, 0.5) is 0 Å². The summed E-state index contributed by atoms with van der Waals surface area (Å²) in [6.45, 7) is 8.96. The third-order valence-corrected chi connectivity index (χ3v) is 2.78. The first-order chi connectivity index (χ1) is 7.96. The maximum absolute atomic E-state index is 4.08. The lowest BCUT2D eigenvalue weighted by molar-refractivity contribution is 0.411. The van der Waals surface area contributed by atoms with Gasteiger partial charge in [0.2, 0.25) is 0 Å². The Morgan fingerprint density at radius 3 is 2.53 bits per heavy atom. The molecule has 0 aliphatic rings. The van der Waals surface area contributed by atoms with Gasteiger partial charge in [-0.05, 0) is 36.0 Å². The van der Waals surface area contributed by atoms with Crippen molar-refractivity contribution in [3.05, 3.63) is 48.0 Å². The van der Waals surface area contributed by atoms with Gasteiger partial charge in [-0.1, -0.05) is 32.9 Å². The van der Waals surface area contributed by atoms with Crippen LogP contribution in [0.2, 0.25) is 0 Å². The van der Waals surface area contributed by atoms with E-state index in [4.69, 9.17) is 0 Å². The van der Waals surface area contributed by atoms with Gasteiger partial charge in [0.25, 0.3) is 0 Å². The fraction of sp³-hybridized carbons (Fsp3) is 0.400. The van der Waals surface area contributed by atoms with Crippen LogP contribution in [0.1, 0.15) is 31.9 Å². The van der Waals surface area contributed by atoms with Gasteiger partial charge in [0, 0.05) is 18.1 Å². The standard InChI is InChI=1S/C15H20N2/c1-12-9-13(10-15(2,3)4)5-6-14(12)17-8-7-16-11-17/h5-9,11H,10H2,1-4H3. The van der Waals surface area contributed by atoms with Gasteiger partial charge in [0.05, 0.1) is 6.33 Å². The minimum atomic E-state index is 0.336. The van der Waals surface area contributed by atoms with Crippen LogP contribution in [-0.4, -0.2) is 9.55 Å². The fourth-order valence-corrected chi connectivity index (χ4v) is 2.13. The molecule has 2 rings (SSSR count). The van der Waals surface area contributed by atoms with Crippen LogP contribution >= 0.6 is 0 Å². The molecule has 1 aromatic carbocycles. The van der Waals surface area contributed by atoms with Gasteiger partial charge in [-0.25, -0.2) is 4.98 Å². The second-order valence-corrected chi connectivity index (χ2v) is 5.83. The zero-order chi connectivity index (χ0) is 12.5. The Morgan fingerprint density at radius 1 is 1.24 bits per heavy atom. The molecular weight excluding hydrogens is 208 g/mol. The summed E-state index contributed by atoms with van der Waals surface area (Å²) in [5.41, 5.74) is 4.24. The van der Waals surface area contributed by atoms with Gasteiger partial charge in [-0.2, -0.15) is 0 Å². The molecule has 2 nitrogen and oxygen atoms in total. The number of aryl methyl sites for hydroxylation is 1. The van der Waals surface area contributed by atoms with Gasteiger partial charge >= 0.3 is 0 Å². The molecule has 2 heteroatoms. The first kappa shape index (κ1) is 11.9. The van der Waals surface area contributed by atoms with E-state index in [1.54, 1.807) is 0 Å². The Bertz CT molecular complexity index is 490. The smallest absolute Gasteiger partial charge is 0.0991 e. The minimum Gasteiger partial charge on any atom is -0.306 e. The summed E-state index contributed by atoms with van der Waals surface area (Å²) in [5.74, 6) is 0. The molecule has 0 spiro atoms. The lowest BCUT2D eigenvalue weighted by Crippen LogP contribution is -2.09. The van der Waals surface area contributed by atoms with Gasteiger partial charge in [0.1, 0.15) is 0 Å². The number of hydrogen-bond acceptors (Lipinski definition) is 1. The van der Waals surface area contributed by atoms with Crippen molar-refractivity contribution >= 4 is 0 Å². The monoisotopic (exact) mass is 228 g/mol. The highest BCUT2D eigenvalue weighted by Crippen LogP contribution is 2.23. The second-order valence-electron chi connectivity index (χ2n) is 5.83. The van der Waals surface area contributed by atoms with Crippen molar-refractivity contribution in [2.45, 2.75) is 34.1 Å². The van der Waals surface area contributed by atoms with Crippen molar-refractivity contribution in [3.63, 3.8) is 0 Å². The highest BCUT2D eigenvalue weighted by Gasteiger charge is 2.12. The molecule has 1 heterocycles. The number of imidazole rings is 1. The fourth-order valence-electron chi connectivity index (χ4n) is 2.13. The average molecular weight is 228 g/mol. The summed E-state index contributed by atoms with van der Waals surface area (Å²) in [7, 11) is 0. The molecule has 90 valence electrons. The minimum absolute atomic E-state index is 0.336. The Hall–Kier alpha value is -1.57. The van der Waals surface area contributed by atoms with Crippen molar-refractivity contribution in [2.75, 3.05) is 0 Å². The van der Waals surface area contributed by atoms with Crippen molar-refractivity contribution in [1.82, 2.24) is 9.55 Å². The molecule has 0 amide bonds. The van der Waals surface area contributed by atoms with Crippen LogP contribution in [0.25, 0.3) is 5.69 Å². The van der Waals surface area contributed by atoms with E-state index in [1.165, 1.54) is 16.8 Å². The first-order valence-corrected chi connectivity index (χ1v) is 6.03. The second kappa shape index (κ2) is 4.36. The molecule has 17 heavy (non-hydrogen) atoms. The number of benzene rings is 1. The predicted octanol–water partition coefficient (Wildman–Crippen LogP) is 3.77. The van der Waals surface area contributed by atoms with Crippen molar-refractivity contribution in [1.29, 1.82) is 0 Å². The third-order valence-electron chi connectivity index (χ3n) is 2.78. The largest absolute Gasteiger partial charge is 0.306 e. The Balaban J connectivity index is 2.30. The van der Waals surface area contributed by atoms with E-state index in [0.29, 0.717) is 5.41 Å². The van der Waals surface area contributed by atoms with Crippen molar-refractivity contribution in [3.8, 4) is 5.69 Å². The number of hydrogen-bond donors (Lipinski definition) is 0. The van der Waals surface area contributed by atoms with Crippen LogP contribution in [0.15, 0.2) is 36.9 Å². The third kappa shape index (κ3) is 2.96. The first-order valence-electron chi connectivity index (χ1n) is 6.03. The van der Waals surface area contributed by atoms with Gasteiger partial charge in [-0.3, -0.25) is 0 Å². The summed E-state index contributed by atoms with van der Waals surface area (Å²) in [5, 5.41) is 0. The van der Waals surface area contributed by atoms with E-state index in [1.807, 2.05) is 18.7 Å². The number of nitrogens with zero attached hydrogens (tertiary/aromatic N) is 2. The van der Waals surface area contributed by atoms with Crippen LogP contribution in [0.5, 0.6) is 0 Å². The Kier molecular flexibility index (Phi) is 3.05. The molecule has 1 aromatic heterocycles. The van der Waals surface area contributed by atoms with Crippen LogP contribution in [0.3, 0.4) is 0 Å². The van der Waals surface area contributed by atoms with E-state index in [2.05, 4.69) is 55.4 Å². The van der Waals surface area contributed by atoms with E-state index in [-0.39, 0.29) is 0 Å². The molecular formula is C15H20N2. The van der Waals surface area contributed by atoms with E-state index < -0.39 is 0 Å². The topological polar surface area (TPSA) is 17.8 Å². The molecule has 0 radical (unpaired) electrons. The highest BCUT2D eigenvalue weighted by molar-refractivity contribution is 5.42. The molecule has 0 N–H and O–H groups in total. The highest BCUT2D eigenvalue weighted by atomic mass is 15.0. The molecule has 0 aliphatic carbocycles. The Morgan fingerprint density at radius 2 is 2.00 bits per heavy atom. The average Bonchev–Trinajstić information content (AvgIpc) is 2.68. The molecule has 0 saturated heterocycles. The normalized spacial score (nSPS) is 11.8. The molecule has 0 saturated carbocycles. The van der Waals surface area contributed by atoms with Gasteiger partial charge < -0.3 is 4.57 Å². The van der Waals surface area contributed by atoms with Gasteiger partial charge in [0.15, 0.2) is 0 Å². The lowest BCUT2D eigenvalue weighted by atomic mass is 9.87. The van der Waals surface area contributed by atoms with Crippen LogP contribution < -0.4 is 0 Å². The summed E-state index contributed by atoms with van der Waals surface area (Å²) in [4.78, 5) is 4.08. The van der Waals surface area contributed by atoms with Crippen molar-refractivity contribution < 1.29 is 0 Å². The summed E-state index contributed by atoms with van der Waals surface area (Å²) >= 11 is 0. The number of aromatic nitrogens is 2. The van der Waals surface area contributed by atoms with E-state index >= 15 is 0 Å². The van der Waals surface area contributed by atoms with Crippen molar-refractivity contribution in [2.24, 2.45) is 5.41 Å². The Labute approximate surface area is 103 Å². The molecule has 0 bridgehead atoms. The van der Waals surface area contributed by atoms with Crippen LogP contribution in [-0.2, 0) is 6.42 Å². The van der Waals surface area contributed by atoms with Crippen LogP contribution in [0, 0.1) is 12.3 Å². The zero-order valence-corrected chi connectivity index (χ0v) is 11.1. The molecule has 0 fully saturated rings. The SMILES string of the molecule is Cc1cc(CC(C)(C)C)ccc1-n1ccnc1. The molecule has 0 aliphatic heterocycles. The quantitative estimate of drug-likeness (QED) is 0.765. The summed E-state index contributed by atoms with van der Waals surface area (Å²) in [6, 6.07) is 6.67. The maximum atomic E-state index is 4.08. The summed E-state index contributed by atoms with van der Waals surface area (Å²) < 4.78 is 2.05. The molecule has 0 atom stereocenters. The molecule has 2 aromatic rings. The predicted molar refractivity (Wildman–Crippen MR) is 71.5 cm³/mol. The number of rotatable bonds is 2. The zero-order valence-electron chi connectivity index (χ0n) is 11.1. The lowest BCUT2D eigenvalue weighted by Gasteiger charge is -2.19. The van der Waals surface area contributed by atoms with E-state index in [9.17, 15) is 0 Å². The maximum Gasteiger partial charge on any atom is 0.0991 e. The molecule has 0 unspecified atom stereocenters. The van der Waals surface area contributed by atoms with Gasteiger partial charge in [-0.15, -0.1) is 0 Å².